The SMILES string of the molecule is Cc1onc(-c2c(F)cccc2Cl)c1C(=O)N1CCC2(CC1)NC(C(C)C)C(=O)N2CCOc1ccccc1. The Morgan fingerprint density at radius 1 is 1.21 bits per heavy atom. The van der Waals surface area contributed by atoms with Crippen molar-refractivity contribution in [2.45, 2.75) is 45.3 Å². The van der Waals surface area contributed by atoms with Crippen molar-refractivity contribution in [3.8, 4) is 17.0 Å². The van der Waals surface area contributed by atoms with Crippen LogP contribution in [0.4, 0.5) is 4.39 Å². The maximum absolute atomic E-state index is 14.7. The number of benzene rings is 2. The molecule has 0 radical (unpaired) electrons. The lowest BCUT2D eigenvalue weighted by atomic mass is 9.94. The number of nitrogens with one attached hydrogen (secondary N) is 1. The zero-order valence-electron chi connectivity index (χ0n) is 22.2. The number of hydrogen-bond donors (Lipinski definition) is 1. The highest BCUT2D eigenvalue weighted by Crippen LogP contribution is 2.37. The van der Waals surface area contributed by atoms with Crippen LogP contribution in [0.1, 0.15) is 42.8 Å². The number of carbonyl (C=O) groups is 2. The number of halogens is 2. The summed E-state index contributed by atoms with van der Waals surface area (Å²) in [7, 11) is 0. The summed E-state index contributed by atoms with van der Waals surface area (Å²) in [6, 6.07) is 13.5. The molecule has 5 rings (SSSR count). The summed E-state index contributed by atoms with van der Waals surface area (Å²) in [5, 5.41) is 7.73. The van der Waals surface area contributed by atoms with Gasteiger partial charge < -0.3 is 19.1 Å². The fourth-order valence-corrected chi connectivity index (χ4v) is 5.78. The molecule has 2 aliphatic rings. The molecule has 3 heterocycles. The van der Waals surface area contributed by atoms with Crippen molar-refractivity contribution in [2.24, 2.45) is 5.92 Å². The fourth-order valence-electron chi connectivity index (χ4n) is 5.53. The van der Waals surface area contributed by atoms with Crippen molar-refractivity contribution in [1.82, 2.24) is 20.3 Å². The summed E-state index contributed by atoms with van der Waals surface area (Å²) >= 11 is 6.26. The van der Waals surface area contributed by atoms with Gasteiger partial charge in [-0.1, -0.05) is 54.9 Å². The minimum Gasteiger partial charge on any atom is -0.492 e. The highest BCUT2D eigenvalue weighted by Gasteiger charge is 2.52. The van der Waals surface area contributed by atoms with Crippen LogP contribution in [0.15, 0.2) is 53.1 Å². The molecule has 2 amide bonds. The van der Waals surface area contributed by atoms with E-state index in [1.54, 1.807) is 17.9 Å². The van der Waals surface area contributed by atoms with Gasteiger partial charge >= 0.3 is 0 Å². The van der Waals surface area contributed by atoms with Gasteiger partial charge in [0.15, 0.2) is 0 Å². The molecule has 0 bridgehead atoms. The highest BCUT2D eigenvalue weighted by atomic mass is 35.5. The smallest absolute Gasteiger partial charge is 0.259 e. The zero-order valence-corrected chi connectivity index (χ0v) is 23.0. The highest BCUT2D eigenvalue weighted by molar-refractivity contribution is 6.33. The van der Waals surface area contributed by atoms with Gasteiger partial charge in [0.05, 0.1) is 28.8 Å². The second kappa shape index (κ2) is 11.0. The first-order valence-corrected chi connectivity index (χ1v) is 13.6. The number of carbonyl (C=O) groups excluding carboxylic acids is 2. The molecular weight excluding hydrogens is 523 g/mol. The quantitative estimate of drug-likeness (QED) is 0.446. The molecule has 2 saturated heterocycles. The van der Waals surface area contributed by atoms with E-state index in [-0.39, 0.29) is 45.6 Å². The van der Waals surface area contributed by atoms with E-state index in [2.05, 4.69) is 10.5 Å². The predicted octanol–water partition coefficient (Wildman–Crippen LogP) is 4.91. The number of amides is 2. The molecule has 1 aromatic heterocycles. The van der Waals surface area contributed by atoms with Gasteiger partial charge in [0, 0.05) is 25.9 Å². The molecule has 1 spiro atoms. The molecule has 0 aliphatic carbocycles. The van der Waals surface area contributed by atoms with Crippen molar-refractivity contribution < 1.29 is 23.2 Å². The number of hydrogen-bond acceptors (Lipinski definition) is 6. The molecular formula is C29H32ClFN4O4. The number of aromatic nitrogens is 1. The molecule has 10 heteroatoms. The topological polar surface area (TPSA) is 87.9 Å². The molecule has 39 heavy (non-hydrogen) atoms. The Morgan fingerprint density at radius 3 is 2.59 bits per heavy atom. The van der Waals surface area contributed by atoms with E-state index in [4.69, 9.17) is 20.9 Å². The number of rotatable bonds is 7. The minimum atomic E-state index is -0.579. The average molecular weight is 555 g/mol. The zero-order chi connectivity index (χ0) is 27.7. The Labute approximate surface area is 232 Å². The largest absolute Gasteiger partial charge is 0.492 e. The summed E-state index contributed by atoms with van der Waals surface area (Å²) < 4.78 is 25.9. The molecule has 2 fully saturated rings. The van der Waals surface area contributed by atoms with E-state index >= 15 is 0 Å². The van der Waals surface area contributed by atoms with Crippen LogP contribution < -0.4 is 10.1 Å². The van der Waals surface area contributed by atoms with Crippen LogP contribution in [0.2, 0.25) is 5.02 Å². The minimum absolute atomic E-state index is 0.0419. The number of para-hydroxylation sites is 1. The van der Waals surface area contributed by atoms with Gasteiger partial charge in [-0.05, 0) is 37.1 Å². The van der Waals surface area contributed by atoms with Crippen LogP contribution in [0.5, 0.6) is 5.75 Å². The molecule has 1 N–H and O–H groups in total. The molecule has 206 valence electrons. The Balaban J connectivity index is 1.33. The van der Waals surface area contributed by atoms with Crippen LogP contribution in [0.25, 0.3) is 11.3 Å². The second-order valence-corrected chi connectivity index (χ2v) is 10.8. The van der Waals surface area contributed by atoms with E-state index in [0.717, 1.165) is 5.75 Å². The standard InChI is InChI=1S/C29H32ClFN4O4/c1-18(2)25-28(37)35(16-17-38-20-8-5-4-6-9-20)29(32-25)12-14-34(15-13-29)27(36)23-19(3)39-33-26(23)24-21(30)10-7-11-22(24)31/h4-11,18,25,32H,12-17H2,1-3H3. The van der Waals surface area contributed by atoms with Crippen molar-refractivity contribution in [2.75, 3.05) is 26.2 Å². The molecule has 0 saturated carbocycles. The lowest BCUT2D eigenvalue weighted by Crippen LogP contribution is -2.60. The third kappa shape index (κ3) is 5.13. The average Bonchev–Trinajstić information content (AvgIpc) is 3.42. The first-order chi connectivity index (χ1) is 18.7. The normalized spacial score (nSPS) is 18.8. The second-order valence-electron chi connectivity index (χ2n) is 10.4. The summed E-state index contributed by atoms with van der Waals surface area (Å²) in [5.74, 6) is 0.325. The lowest BCUT2D eigenvalue weighted by Gasteiger charge is -2.44. The first kappa shape index (κ1) is 27.1. The monoisotopic (exact) mass is 554 g/mol. The van der Waals surface area contributed by atoms with Crippen LogP contribution in [-0.4, -0.2) is 64.7 Å². The van der Waals surface area contributed by atoms with Crippen LogP contribution in [-0.2, 0) is 4.79 Å². The summed E-state index contributed by atoms with van der Waals surface area (Å²) in [6.45, 7) is 7.26. The first-order valence-electron chi connectivity index (χ1n) is 13.2. The summed E-state index contributed by atoms with van der Waals surface area (Å²) in [5.41, 5.74) is -0.249. The molecule has 2 aliphatic heterocycles. The Morgan fingerprint density at radius 2 is 1.92 bits per heavy atom. The Bertz CT molecular complexity index is 1330. The molecule has 1 atom stereocenters. The van der Waals surface area contributed by atoms with Crippen LogP contribution in [0, 0.1) is 18.7 Å². The lowest BCUT2D eigenvalue weighted by molar-refractivity contribution is -0.134. The van der Waals surface area contributed by atoms with E-state index in [9.17, 15) is 14.0 Å². The van der Waals surface area contributed by atoms with E-state index in [0.29, 0.717) is 44.8 Å². The third-order valence-electron chi connectivity index (χ3n) is 7.62. The van der Waals surface area contributed by atoms with E-state index in [1.807, 2.05) is 49.1 Å². The fraction of sp³-hybridized carbons (Fsp3) is 0.414. The van der Waals surface area contributed by atoms with Crippen molar-refractivity contribution in [1.29, 1.82) is 0 Å². The van der Waals surface area contributed by atoms with Gasteiger partial charge in [-0.2, -0.15) is 0 Å². The molecule has 8 nitrogen and oxygen atoms in total. The molecule has 3 aromatic rings. The van der Waals surface area contributed by atoms with Crippen LogP contribution >= 0.6 is 11.6 Å². The molecule has 1 unspecified atom stereocenters. The number of aryl methyl sites for hydroxylation is 1. The van der Waals surface area contributed by atoms with Gasteiger partial charge in [0.25, 0.3) is 5.91 Å². The van der Waals surface area contributed by atoms with E-state index in [1.165, 1.54) is 12.1 Å². The van der Waals surface area contributed by atoms with Gasteiger partial charge in [-0.15, -0.1) is 0 Å². The van der Waals surface area contributed by atoms with Gasteiger partial charge in [0.2, 0.25) is 5.91 Å². The van der Waals surface area contributed by atoms with Crippen molar-refractivity contribution in [3.63, 3.8) is 0 Å². The van der Waals surface area contributed by atoms with Gasteiger partial charge in [-0.25, -0.2) is 4.39 Å². The third-order valence-corrected chi connectivity index (χ3v) is 7.94. The molecule has 2 aromatic carbocycles. The number of ether oxygens (including phenoxy) is 1. The van der Waals surface area contributed by atoms with Crippen LogP contribution in [0.3, 0.4) is 0 Å². The van der Waals surface area contributed by atoms with Crippen molar-refractivity contribution >= 4 is 23.4 Å². The Kier molecular flexibility index (Phi) is 7.64. The van der Waals surface area contributed by atoms with Crippen molar-refractivity contribution in [3.05, 3.63) is 70.7 Å². The predicted molar refractivity (Wildman–Crippen MR) is 145 cm³/mol. The summed E-state index contributed by atoms with van der Waals surface area (Å²) in [4.78, 5) is 30.7. The number of likely N-dealkylation sites (tertiary alicyclic amines) is 1. The maximum Gasteiger partial charge on any atom is 0.259 e. The summed E-state index contributed by atoms with van der Waals surface area (Å²) in [6.07, 6.45) is 1.08. The number of piperidine rings is 1. The maximum atomic E-state index is 14.7. The Hall–Kier alpha value is -3.43. The number of nitrogens with zero attached hydrogens (tertiary/aromatic N) is 3. The van der Waals surface area contributed by atoms with E-state index < -0.39 is 11.5 Å². The van der Waals surface area contributed by atoms with Gasteiger partial charge in [-0.3, -0.25) is 14.9 Å². The van der Waals surface area contributed by atoms with Gasteiger partial charge in [0.1, 0.15) is 35.2 Å².